The quantitative estimate of drug-likeness (QED) is 0.456. The molecule has 3 aromatic carbocycles. The molecule has 1 N–H and O–H groups in total. The molecule has 0 bridgehead atoms. The van der Waals surface area contributed by atoms with Gasteiger partial charge in [-0.25, -0.2) is 9.37 Å². The van der Waals surface area contributed by atoms with Gasteiger partial charge in [0.15, 0.2) is 0 Å². The monoisotopic (exact) mass is 405 g/mol. The average Bonchev–Trinajstić information content (AvgIpc) is 3.16. The smallest absolute Gasteiger partial charge is 0.252 e. The van der Waals surface area contributed by atoms with Gasteiger partial charge in [-0.05, 0) is 48.2 Å². The van der Waals surface area contributed by atoms with Gasteiger partial charge in [0.25, 0.3) is 5.91 Å². The predicted octanol–water partition coefficient (Wildman–Crippen LogP) is 5.07. The van der Waals surface area contributed by atoms with E-state index in [9.17, 15) is 9.18 Å². The number of amides is 1. The van der Waals surface area contributed by atoms with E-state index < -0.39 is 0 Å². The van der Waals surface area contributed by atoms with Crippen LogP contribution in [0.15, 0.2) is 84.0 Å². The molecule has 1 unspecified atom stereocenters. The second kappa shape index (κ2) is 8.49. The van der Waals surface area contributed by atoms with Crippen molar-refractivity contribution < 1.29 is 9.18 Å². The van der Waals surface area contributed by atoms with Crippen molar-refractivity contribution in [2.24, 2.45) is 0 Å². The van der Waals surface area contributed by atoms with Crippen LogP contribution < -0.4 is 5.32 Å². The summed E-state index contributed by atoms with van der Waals surface area (Å²) >= 11 is 1.53. The molecule has 6 heteroatoms. The molecular formula is C23H20FN3OS. The zero-order valence-electron chi connectivity index (χ0n) is 15.9. The summed E-state index contributed by atoms with van der Waals surface area (Å²) in [5.41, 5.74) is 3.34. The van der Waals surface area contributed by atoms with Crippen LogP contribution in [0.5, 0.6) is 0 Å². The molecule has 146 valence electrons. The van der Waals surface area contributed by atoms with E-state index in [1.807, 2.05) is 59.4 Å². The molecular weight excluding hydrogens is 385 g/mol. The average molecular weight is 405 g/mol. The van der Waals surface area contributed by atoms with Crippen LogP contribution in [0, 0.1) is 5.82 Å². The van der Waals surface area contributed by atoms with Crippen molar-refractivity contribution in [3.05, 3.63) is 96.1 Å². The Kier molecular flexibility index (Phi) is 5.62. The number of halogens is 1. The van der Waals surface area contributed by atoms with Gasteiger partial charge in [0.2, 0.25) is 0 Å². The number of aromatic nitrogens is 2. The summed E-state index contributed by atoms with van der Waals surface area (Å²) < 4.78 is 15.5. The maximum atomic E-state index is 13.5. The number of hydrogen-bond acceptors (Lipinski definition) is 3. The summed E-state index contributed by atoms with van der Waals surface area (Å²) in [5, 5.41) is 3.12. The molecule has 29 heavy (non-hydrogen) atoms. The first-order chi connectivity index (χ1) is 14.2. The maximum Gasteiger partial charge on any atom is 0.252 e. The molecule has 1 atom stereocenters. The minimum absolute atomic E-state index is 0.159. The summed E-state index contributed by atoms with van der Waals surface area (Å²) in [6.45, 7) is 0.485. The third kappa shape index (κ3) is 4.17. The van der Waals surface area contributed by atoms with Crippen LogP contribution in [0.3, 0.4) is 0 Å². The van der Waals surface area contributed by atoms with E-state index in [1.54, 1.807) is 18.5 Å². The molecule has 0 aliphatic rings. The number of nitrogens with zero attached hydrogens (tertiary/aromatic N) is 2. The number of carbonyl (C=O) groups excluding carboxylic acids is 1. The Balaban J connectivity index is 1.67. The SMILES string of the molecule is CSc1ccccc1C(=O)NC(Cn1cnc2ccccc21)c1ccc(F)cc1. The fourth-order valence-corrected chi connectivity index (χ4v) is 3.95. The minimum Gasteiger partial charge on any atom is -0.343 e. The number of thioether (sulfide) groups is 1. The van der Waals surface area contributed by atoms with Gasteiger partial charge >= 0.3 is 0 Å². The van der Waals surface area contributed by atoms with Crippen molar-refractivity contribution in [2.45, 2.75) is 17.5 Å². The van der Waals surface area contributed by atoms with Crippen LogP contribution in [0.1, 0.15) is 22.0 Å². The lowest BCUT2D eigenvalue weighted by molar-refractivity contribution is 0.0930. The molecule has 0 spiro atoms. The number of hydrogen-bond donors (Lipinski definition) is 1. The van der Waals surface area contributed by atoms with Crippen molar-refractivity contribution in [1.82, 2.24) is 14.9 Å². The fraction of sp³-hybridized carbons (Fsp3) is 0.130. The highest BCUT2D eigenvalue weighted by molar-refractivity contribution is 7.98. The van der Waals surface area contributed by atoms with Gasteiger partial charge in [0.1, 0.15) is 5.82 Å². The standard InChI is InChI=1S/C23H20FN3OS/c1-29-22-9-5-2-6-18(22)23(28)26-20(16-10-12-17(24)13-11-16)14-27-15-25-19-7-3-4-8-21(19)27/h2-13,15,20H,14H2,1H3,(H,26,28). The van der Waals surface area contributed by atoms with E-state index in [1.165, 1.54) is 23.9 Å². The molecule has 4 nitrogen and oxygen atoms in total. The molecule has 0 saturated heterocycles. The van der Waals surface area contributed by atoms with Gasteiger partial charge < -0.3 is 9.88 Å². The van der Waals surface area contributed by atoms with Crippen LogP contribution in [-0.2, 0) is 6.54 Å². The van der Waals surface area contributed by atoms with E-state index in [0.29, 0.717) is 12.1 Å². The fourth-order valence-electron chi connectivity index (χ4n) is 3.35. The third-order valence-corrected chi connectivity index (χ3v) is 5.63. The first-order valence-corrected chi connectivity index (χ1v) is 10.5. The van der Waals surface area contributed by atoms with Crippen LogP contribution >= 0.6 is 11.8 Å². The Morgan fingerprint density at radius 2 is 1.79 bits per heavy atom. The number of rotatable bonds is 6. The van der Waals surface area contributed by atoms with Gasteiger partial charge in [-0.1, -0.05) is 36.4 Å². The predicted molar refractivity (Wildman–Crippen MR) is 115 cm³/mol. The van der Waals surface area contributed by atoms with Crippen LogP contribution in [0.2, 0.25) is 0 Å². The Morgan fingerprint density at radius 1 is 1.07 bits per heavy atom. The normalized spacial score (nSPS) is 12.1. The molecule has 0 aliphatic heterocycles. The largest absolute Gasteiger partial charge is 0.343 e. The minimum atomic E-state index is -0.337. The number of imidazole rings is 1. The summed E-state index contributed by atoms with van der Waals surface area (Å²) in [6.07, 6.45) is 3.71. The van der Waals surface area contributed by atoms with Crippen LogP contribution in [0.25, 0.3) is 11.0 Å². The molecule has 0 saturated carbocycles. The Labute approximate surface area is 172 Å². The van der Waals surface area contributed by atoms with Gasteiger partial charge in [0, 0.05) is 11.4 Å². The van der Waals surface area contributed by atoms with Crippen molar-refractivity contribution in [1.29, 1.82) is 0 Å². The lowest BCUT2D eigenvalue weighted by Gasteiger charge is -2.21. The van der Waals surface area contributed by atoms with Crippen molar-refractivity contribution in [2.75, 3.05) is 6.26 Å². The first kappa shape index (κ1) is 19.2. The van der Waals surface area contributed by atoms with E-state index >= 15 is 0 Å². The Bertz CT molecular complexity index is 1140. The lowest BCUT2D eigenvalue weighted by atomic mass is 10.1. The summed E-state index contributed by atoms with van der Waals surface area (Å²) in [6, 6.07) is 21.3. The summed E-state index contributed by atoms with van der Waals surface area (Å²) in [4.78, 5) is 18.4. The molecule has 1 aromatic heterocycles. The van der Waals surface area contributed by atoms with Crippen LogP contribution in [0.4, 0.5) is 4.39 Å². The van der Waals surface area contributed by atoms with E-state index in [4.69, 9.17) is 0 Å². The lowest BCUT2D eigenvalue weighted by Crippen LogP contribution is -2.31. The first-order valence-electron chi connectivity index (χ1n) is 9.25. The summed E-state index contributed by atoms with van der Waals surface area (Å²) in [5.74, 6) is -0.465. The molecule has 0 aliphatic carbocycles. The third-order valence-electron chi connectivity index (χ3n) is 4.84. The zero-order chi connectivity index (χ0) is 20.2. The number of carbonyl (C=O) groups is 1. The molecule has 1 amide bonds. The van der Waals surface area contributed by atoms with Crippen molar-refractivity contribution in [3.63, 3.8) is 0 Å². The molecule has 0 radical (unpaired) electrons. The highest BCUT2D eigenvalue weighted by atomic mass is 32.2. The molecule has 4 rings (SSSR count). The van der Waals surface area contributed by atoms with E-state index in [0.717, 1.165) is 21.5 Å². The van der Waals surface area contributed by atoms with Gasteiger partial charge in [-0.3, -0.25) is 4.79 Å². The second-order valence-electron chi connectivity index (χ2n) is 6.66. The number of benzene rings is 3. The maximum absolute atomic E-state index is 13.5. The van der Waals surface area contributed by atoms with Gasteiger partial charge in [-0.15, -0.1) is 11.8 Å². The highest BCUT2D eigenvalue weighted by Gasteiger charge is 2.19. The number of fused-ring (bicyclic) bond motifs is 1. The van der Waals surface area contributed by atoms with Gasteiger partial charge in [-0.2, -0.15) is 0 Å². The zero-order valence-corrected chi connectivity index (χ0v) is 16.7. The Morgan fingerprint density at radius 3 is 2.59 bits per heavy atom. The number of nitrogens with one attached hydrogen (secondary N) is 1. The second-order valence-corrected chi connectivity index (χ2v) is 7.51. The van der Waals surface area contributed by atoms with Gasteiger partial charge in [0.05, 0.1) is 29.0 Å². The van der Waals surface area contributed by atoms with E-state index in [2.05, 4.69) is 10.3 Å². The van der Waals surface area contributed by atoms with E-state index in [-0.39, 0.29) is 17.8 Å². The molecule has 1 heterocycles. The molecule has 0 fully saturated rings. The molecule has 4 aromatic rings. The Hall–Kier alpha value is -3.12. The van der Waals surface area contributed by atoms with Crippen molar-refractivity contribution in [3.8, 4) is 0 Å². The van der Waals surface area contributed by atoms with Crippen molar-refractivity contribution >= 4 is 28.7 Å². The topological polar surface area (TPSA) is 46.9 Å². The summed E-state index contributed by atoms with van der Waals surface area (Å²) in [7, 11) is 0. The highest BCUT2D eigenvalue weighted by Crippen LogP contribution is 2.23. The van der Waals surface area contributed by atoms with Crippen LogP contribution in [-0.4, -0.2) is 21.7 Å². The number of para-hydroxylation sites is 2.